The van der Waals surface area contributed by atoms with Gasteiger partial charge in [-0.2, -0.15) is 5.26 Å². The first-order valence-electron chi connectivity index (χ1n) is 5.50. The molecule has 0 saturated carbocycles. The van der Waals surface area contributed by atoms with Crippen LogP contribution in [0, 0.1) is 11.3 Å². The molecule has 0 saturated heterocycles. The van der Waals surface area contributed by atoms with E-state index in [0.29, 0.717) is 22.8 Å². The van der Waals surface area contributed by atoms with Crippen LogP contribution < -0.4 is 4.74 Å². The van der Waals surface area contributed by atoms with Crippen LogP contribution in [0.1, 0.15) is 22.2 Å². The molecule has 0 unspecified atom stereocenters. The fraction of sp³-hybridized carbons (Fsp3) is 0.143. The van der Waals surface area contributed by atoms with Crippen LogP contribution in [-0.4, -0.2) is 12.9 Å². The molecule has 1 heterocycles. The molecule has 1 aromatic heterocycles. The number of aldehydes is 1. The number of rotatable bonds is 4. The Morgan fingerprint density at radius 3 is 2.83 bits per heavy atom. The number of benzene rings is 1. The van der Waals surface area contributed by atoms with Gasteiger partial charge in [-0.1, -0.05) is 0 Å². The van der Waals surface area contributed by atoms with Crippen molar-refractivity contribution in [3.8, 4) is 22.3 Å². The first kappa shape index (κ1) is 12.3. The van der Waals surface area contributed by atoms with Gasteiger partial charge in [0, 0.05) is 4.88 Å². The zero-order chi connectivity index (χ0) is 13.0. The monoisotopic (exact) mass is 257 g/mol. The Morgan fingerprint density at radius 2 is 2.22 bits per heavy atom. The van der Waals surface area contributed by atoms with Crippen molar-refractivity contribution in [2.45, 2.75) is 6.92 Å². The highest BCUT2D eigenvalue weighted by Crippen LogP contribution is 2.30. The molecule has 0 aliphatic rings. The lowest BCUT2D eigenvalue weighted by Crippen LogP contribution is -1.95. The fourth-order valence-corrected chi connectivity index (χ4v) is 2.43. The predicted molar refractivity (Wildman–Crippen MR) is 71.0 cm³/mol. The summed E-state index contributed by atoms with van der Waals surface area (Å²) in [6, 6.07) is 11.2. The van der Waals surface area contributed by atoms with E-state index in [-0.39, 0.29) is 0 Å². The summed E-state index contributed by atoms with van der Waals surface area (Å²) in [5.74, 6) is 0.591. The van der Waals surface area contributed by atoms with Crippen molar-refractivity contribution >= 4 is 17.6 Å². The maximum absolute atomic E-state index is 11.0. The maximum atomic E-state index is 11.0. The molecule has 0 aliphatic heterocycles. The van der Waals surface area contributed by atoms with Crippen LogP contribution in [0.25, 0.3) is 10.4 Å². The largest absolute Gasteiger partial charge is 0.493 e. The third-order valence-corrected chi connectivity index (χ3v) is 3.48. The number of thiophene rings is 1. The molecule has 18 heavy (non-hydrogen) atoms. The van der Waals surface area contributed by atoms with E-state index in [1.807, 2.05) is 19.1 Å². The maximum Gasteiger partial charge on any atom is 0.153 e. The van der Waals surface area contributed by atoms with Gasteiger partial charge in [0.05, 0.1) is 12.2 Å². The quantitative estimate of drug-likeness (QED) is 0.788. The molecular weight excluding hydrogens is 246 g/mol. The van der Waals surface area contributed by atoms with E-state index in [9.17, 15) is 4.79 Å². The molecule has 1 aromatic carbocycles. The normalized spacial score (nSPS) is 9.78. The SMILES string of the molecule is CCOc1ccc(-c2ccc(C#N)s2)cc1C=O. The number of nitriles is 1. The lowest BCUT2D eigenvalue weighted by atomic mass is 10.1. The number of hydrogen-bond donors (Lipinski definition) is 0. The number of ether oxygens (including phenoxy) is 1. The van der Waals surface area contributed by atoms with Gasteiger partial charge in [-0.05, 0) is 42.8 Å². The average Bonchev–Trinajstić information content (AvgIpc) is 2.88. The van der Waals surface area contributed by atoms with E-state index in [1.165, 1.54) is 11.3 Å². The molecule has 2 aromatic rings. The molecule has 0 fully saturated rings. The lowest BCUT2D eigenvalue weighted by Gasteiger charge is -2.07. The van der Waals surface area contributed by atoms with Crippen LogP contribution in [0.15, 0.2) is 30.3 Å². The molecule has 0 bridgehead atoms. The van der Waals surface area contributed by atoms with Crippen molar-refractivity contribution in [2.75, 3.05) is 6.61 Å². The van der Waals surface area contributed by atoms with Crippen molar-refractivity contribution in [3.63, 3.8) is 0 Å². The van der Waals surface area contributed by atoms with Gasteiger partial charge in [0.2, 0.25) is 0 Å². The summed E-state index contributed by atoms with van der Waals surface area (Å²) in [6.07, 6.45) is 0.785. The van der Waals surface area contributed by atoms with E-state index in [1.54, 1.807) is 18.2 Å². The first-order chi connectivity index (χ1) is 8.78. The Hall–Kier alpha value is -2.12. The van der Waals surface area contributed by atoms with E-state index in [2.05, 4.69) is 6.07 Å². The number of carbonyl (C=O) groups excluding carboxylic acids is 1. The van der Waals surface area contributed by atoms with Crippen LogP contribution in [0.2, 0.25) is 0 Å². The van der Waals surface area contributed by atoms with Crippen LogP contribution in [0.3, 0.4) is 0 Å². The van der Waals surface area contributed by atoms with Gasteiger partial charge in [0.15, 0.2) is 6.29 Å². The average molecular weight is 257 g/mol. The molecule has 4 heteroatoms. The third-order valence-electron chi connectivity index (χ3n) is 2.44. The molecule has 90 valence electrons. The Morgan fingerprint density at radius 1 is 1.39 bits per heavy atom. The van der Waals surface area contributed by atoms with E-state index in [0.717, 1.165) is 16.7 Å². The minimum absolute atomic E-state index is 0.526. The Bertz CT molecular complexity index is 610. The van der Waals surface area contributed by atoms with Gasteiger partial charge in [-0.25, -0.2) is 0 Å². The first-order valence-corrected chi connectivity index (χ1v) is 6.32. The van der Waals surface area contributed by atoms with Gasteiger partial charge in [0.1, 0.15) is 16.7 Å². The van der Waals surface area contributed by atoms with Crippen molar-refractivity contribution < 1.29 is 9.53 Å². The summed E-state index contributed by atoms with van der Waals surface area (Å²) in [5, 5.41) is 8.80. The molecular formula is C14H11NO2S. The standard InChI is InChI=1S/C14H11NO2S/c1-2-17-13-5-3-10(7-11(13)9-16)14-6-4-12(8-15)18-14/h3-7,9H,2H2,1H3. The molecule has 0 amide bonds. The van der Waals surface area contributed by atoms with E-state index >= 15 is 0 Å². The minimum Gasteiger partial charge on any atom is -0.493 e. The van der Waals surface area contributed by atoms with Gasteiger partial charge >= 0.3 is 0 Å². The summed E-state index contributed by atoms with van der Waals surface area (Å²) >= 11 is 1.41. The fourth-order valence-electron chi connectivity index (χ4n) is 1.63. The second-order valence-corrected chi connectivity index (χ2v) is 4.66. The van der Waals surface area contributed by atoms with Gasteiger partial charge < -0.3 is 4.74 Å². The van der Waals surface area contributed by atoms with Crippen molar-refractivity contribution in [2.24, 2.45) is 0 Å². The third kappa shape index (κ3) is 2.41. The molecule has 2 rings (SSSR count). The summed E-state index contributed by atoms with van der Waals surface area (Å²) in [5.41, 5.74) is 1.45. The highest BCUT2D eigenvalue weighted by Gasteiger charge is 2.07. The van der Waals surface area contributed by atoms with Crippen molar-refractivity contribution in [3.05, 3.63) is 40.8 Å². The van der Waals surface area contributed by atoms with E-state index < -0.39 is 0 Å². The van der Waals surface area contributed by atoms with Crippen LogP contribution >= 0.6 is 11.3 Å². The van der Waals surface area contributed by atoms with Crippen molar-refractivity contribution in [1.82, 2.24) is 0 Å². The zero-order valence-electron chi connectivity index (χ0n) is 9.84. The zero-order valence-corrected chi connectivity index (χ0v) is 10.7. The Labute approximate surface area is 109 Å². The second-order valence-electron chi connectivity index (χ2n) is 3.58. The lowest BCUT2D eigenvalue weighted by molar-refractivity contribution is 0.112. The number of hydrogen-bond acceptors (Lipinski definition) is 4. The predicted octanol–water partition coefficient (Wildman–Crippen LogP) is 3.50. The highest BCUT2D eigenvalue weighted by molar-refractivity contribution is 7.16. The summed E-state index contributed by atoms with van der Waals surface area (Å²) in [6.45, 7) is 2.40. The smallest absolute Gasteiger partial charge is 0.153 e. The van der Waals surface area contributed by atoms with Crippen LogP contribution in [0.5, 0.6) is 5.75 Å². The van der Waals surface area contributed by atoms with E-state index in [4.69, 9.17) is 10.00 Å². The molecule has 3 nitrogen and oxygen atoms in total. The number of carbonyl (C=O) groups is 1. The molecule has 0 atom stereocenters. The highest BCUT2D eigenvalue weighted by atomic mass is 32.1. The van der Waals surface area contributed by atoms with Gasteiger partial charge in [-0.15, -0.1) is 11.3 Å². The summed E-state index contributed by atoms with van der Waals surface area (Å²) in [7, 11) is 0. The van der Waals surface area contributed by atoms with Gasteiger partial charge in [0.25, 0.3) is 0 Å². The van der Waals surface area contributed by atoms with Crippen LogP contribution in [0.4, 0.5) is 0 Å². The summed E-state index contributed by atoms with van der Waals surface area (Å²) in [4.78, 5) is 12.6. The Kier molecular flexibility index (Phi) is 3.75. The molecule has 0 radical (unpaired) electrons. The van der Waals surface area contributed by atoms with Gasteiger partial charge in [-0.3, -0.25) is 4.79 Å². The summed E-state index contributed by atoms with van der Waals surface area (Å²) < 4.78 is 5.36. The van der Waals surface area contributed by atoms with Crippen LogP contribution in [-0.2, 0) is 0 Å². The molecule has 0 spiro atoms. The minimum atomic E-state index is 0.526. The Balaban J connectivity index is 2.41. The van der Waals surface area contributed by atoms with Crippen molar-refractivity contribution in [1.29, 1.82) is 5.26 Å². The number of nitrogens with zero attached hydrogens (tertiary/aromatic N) is 1. The molecule has 0 aliphatic carbocycles. The molecule has 0 N–H and O–H groups in total. The topological polar surface area (TPSA) is 50.1 Å². The second kappa shape index (κ2) is 5.48.